The van der Waals surface area contributed by atoms with E-state index < -0.39 is 10.0 Å². The number of thioether (sulfide) groups is 1. The third kappa shape index (κ3) is 3.65. The topological polar surface area (TPSA) is 40.6 Å². The first-order valence-electron chi connectivity index (χ1n) is 10.6. The van der Waals surface area contributed by atoms with E-state index in [1.54, 1.807) is 34.1 Å². The van der Waals surface area contributed by atoms with Gasteiger partial charge in [0.05, 0.1) is 4.90 Å². The molecule has 6 heteroatoms. The first-order chi connectivity index (χ1) is 14.1. The molecule has 4 nitrogen and oxygen atoms in total. The van der Waals surface area contributed by atoms with Crippen molar-refractivity contribution in [3.8, 4) is 0 Å². The van der Waals surface area contributed by atoms with Gasteiger partial charge < -0.3 is 4.90 Å². The molecule has 0 unspecified atom stereocenters. The molecule has 154 valence electrons. The van der Waals surface area contributed by atoms with Gasteiger partial charge in [0.25, 0.3) is 0 Å². The molecule has 0 aromatic heterocycles. The van der Waals surface area contributed by atoms with Crippen molar-refractivity contribution in [1.82, 2.24) is 9.21 Å². The molecule has 3 aliphatic heterocycles. The van der Waals surface area contributed by atoms with Crippen LogP contribution in [-0.4, -0.2) is 56.1 Å². The largest absolute Gasteiger partial charge is 0.303 e. The summed E-state index contributed by atoms with van der Waals surface area (Å²) in [5, 5.41) is 0. The lowest BCUT2D eigenvalue weighted by Crippen LogP contribution is -2.44. The van der Waals surface area contributed by atoms with E-state index in [0.29, 0.717) is 29.3 Å². The quantitative estimate of drug-likeness (QED) is 0.742. The molecular formula is C23H28N2O2S2. The van der Waals surface area contributed by atoms with Crippen molar-refractivity contribution in [2.75, 3.05) is 38.5 Å². The van der Waals surface area contributed by atoms with Crippen molar-refractivity contribution in [3.63, 3.8) is 0 Å². The van der Waals surface area contributed by atoms with Gasteiger partial charge in [0, 0.05) is 35.7 Å². The summed E-state index contributed by atoms with van der Waals surface area (Å²) in [4.78, 5) is 4.46. The summed E-state index contributed by atoms with van der Waals surface area (Å²) in [5.41, 5.74) is 1.92. The van der Waals surface area contributed by atoms with Crippen LogP contribution in [0.25, 0.3) is 0 Å². The van der Waals surface area contributed by atoms with Gasteiger partial charge in [-0.05, 0) is 62.0 Å². The molecule has 5 rings (SSSR count). The molecule has 0 saturated carbocycles. The Morgan fingerprint density at radius 3 is 2.48 bits per heavy atom. The van der Waals surface area contributed by atoms with Crippen LogP contribution in [0.3, 0.4) is 0 Å². The summed E-state index contributed by atoms with van der Waals surface area (Å²) in [6, 6.07) is 17.8. The summed E-state index contributed by atoms with van der Waals surface area (Å²) in [6.45, 7) is 4.56. The monoisotopic (exact) mass is 428 g/mol. The van der Waals surface area contributed by atoms with E-state index in [9.17, 15) is 8.42 Å². The highest BCUT2D eigenvalue weighted by molar-refractivity contribution is 7.99. The molecule has 3 aliphatic rings. The van der Waals surface area contributed by atoms with Gasteiger partial charge in [-0.2, -0.15) is 4.31 Å². The average Bonchev–Trinajstić information content (AvgIpc) is 3.37. The first kappa shape index (κ1) is 19.6. The number of hydrogen-bond acceptors (Lipinski definition) is 4. The van der Waals surface area contributed by atoms with E-state index in [2.05, 4.69) is 29.2 Å². The van der Waals surface area contributed by atoms with Crippen molar-refractivity contribution in [2.24, 2.45) is 5.92 Å². The standard InChI is InChI=1S/C23H28N2O2S2/c26-29(27,20-6-2-1-3-7-20)25-13-10-19(17-25)16-24-14-11-23(12-15-24)18-28-22-9-5-4-8-21(22)23/h1-9,19H,10-18H2/t19-/m0/s1. The minimum absolute atomic E-state index is 0.357. The van der Waals surface area contributed by atoms with Gasteiger partial charge in [-0.1, -0.05) is 36.4 Å². The van der Waals surface area contributed by atoms with E-state index in [1.165, 1.54) is 23.5 Å². The van der Waals surface area contributed by atoms with E-state index in [1.807, 2.05) is 17.8 Å². The Labute approximate surface area is 178 Å². The van der Waals surface area contributed by atoms with Crippen LogP contribution in [0.5, 0.6) is 0 Å². The zero-order valence-electron chi connectivity index (χ0n) is 16.7. The van der Waals surface area contributed by atoms with Crippen molar-refractivity contribution in [3.05, 3.63) is 60.2 Å². The molecule has 2 aromatic rings. The molecule has 0 N–H and O–H groups in total. The third-order valence-corrected chi connectivity index (χ3v) is 10.2. The Bertz CT molecular complexity index is 969. The second kappa shape index (κ2) is 7.73. The highest BCUT2D eigenvalue weighted by atomic mass is 32.2. The zero-order valence-corrected chi connectivity index (χ0v) is 18.3. The number of piperidine rings is 1. The Morgan fingerprint density at radius 1 is 0.966 bits per heavy atom. The maximum Gasteiger partial charge on any atom is 0.243 e. The number of fused-ring (bicyclic) bond motifs is 2. The third-order valence-electron chi connectivity index (χ3n) is 6.92. The van der Waals surface area contributed by atoms with Crippen LogP contribution >= 0.6 is 11.8 Å². The Morgan fingerprint density at radius 2 is 1.69 bits per heavy atom. The normalized spacial score (nSPS) is 24.8. The Balaban J connectivity index is 1.19. The van der Waals surface area contributed by atoms with Crippen molar-refractivity contribution in [1.29, 1.82) is 0 Å². The maximum absolute atomic E-state index is 12.9. The summed E-state index contributed by atoms with van der Waals surface area (Å²) in [6.07, 6.45) is 3.40. The van der Waals surface area contributed by atoms with Crippen molar-refractivity contribution >= 4 is 21.8 Å². The molecule has 1 atom stereocenters. The van der Waals surface area contributed by atoms with Crippen molar-refractivity contribution in [2.45, 2.75) is 34.5 Å². The molecule has 0 radical (unpaired) electrons. The fourth-order valence-electron chi connectivity index (χ4n) is 5.17. The lowest BCUT2D eigenvalue weighted by atomic mass is 9.74. The molecule has 2 aromatic carbocycles. The smallest absolute Gasteiger partial charge is 0.243 e. The molecule has 3 heterocycles. The Kier molecular flexibility index (Phi) is 5.23. The second-order valence-corrected chi connectivity index (χ2v) is 11.7. The van der Waals surface area contributed by atoms with E-state index >= 15 is 0 Å². The molecular weight excluding hydrogens is 400 g/mol. The maximum atomic E-state index is 12.9. The summed E-state index contributed by atoms with van der Waals surface area (Å²) < 4.78 is 27.4. The van der Waals surface area contributed by atoms with Crippen LogP contribution in [0.2, 0.25) is 0 Å². The molecule has 0 amide bonds. The molecule has 2 fully saturated rings. The summed E-state index contributed by atoms with van der Waals surface area (Å²) in [7, 11) is -3.35. The van der Waals surface area contributed by atoms with Gasteiger partial charge in [0.1, 0.15) is 0 Å². The molecule has 2 saturated heterocycles. The fourth-order valence-corrected chi connectivity index (χ4v) is 8.22. The number of likely N-dealkylation sites (tertiary alicyclic amines) is 1. The predicted molar refractivity (Wildman–Crippen MR) is 118 cm³/mol. The predicted octanol–water partition coefficient (Wildman–Crippen LogP) is 3.84. The zero-order chi connectivity index (χ0) is 19.9. The molecule has 0 aliphatic carbocycles. The van der Waals surface area contributed by atoms with Crippen LogP contribution in [0.4, 0.5) is 0 Å². The van der Waals surface area contributed by atoms with Gasteiger partial charge in [-0.3, -0.25) is 0 Å². The summed E-state index contributed by atoms with van der Waals surface area (Å²) >= 11 is 2.02. The van der Waals surface area contributed by atoms with E-state index in [-0.39, 0.29) is 0 Å². The van der Waals surface area contributed by atoms with Crippen LogP contribution in [0, 0.1) is 5.92 Å². The van der Waals surface area contributed by atoms with Gasteiger partial charge in [0.2, 0.25) is 10.0 Å². The van der Waals surface area contributed by atoms with Crippen LogP contribution < -0.4 is 0 Å². The van der Waals surface area contributed by atoms with Gasteiger partial charge in [-0.25, -0.2) is 8.42 Å². The van der Waals surface area contributed by atoms with E-state index in [0.717, 1.165) is 26.1 Å². The number of sulfonamides is 1. The number of nitrogens with zero attached hydrogens (tertiary/aromatic N) is 2. The number of hydrogen-bond donors (Lipinski definition) is 0. The van der Waals surface area contributed by atoms with Gasteiger partial charge >= 0.3 is 0 Å². The molecule has 0 bridgehead atoms. The minimum atomic E-state index is -3.35. The molecule has 1 spiro atoms. The fraction of sp³-hybridized carbons (Fsp3) is 0.478. The number of benzene rings is 2. The highest BCUT2D eigenvalue weighted by Crippen LogP contribution is 2.49. The SMILES string of the molecule is O=S(=O)(c1ccccc1)N1CC[C@@H](CN2CCC3(CC2)CSc2ccccc23)C1. The lowest BCUT2D eigenvalue weighted by Gasteiger charge is -2.40. The highest BCUT2D eigenvalue weighted by Gasteiger charge is 2.42. The van der Waals surface area contributed by atoms with E-state index in [4.69, 9.17) is 0 Å². The van der Waals surface area contributed by atoms with Gasteiger partial charge in [-0.15, -0.1) is 11.8 Å². The number of rotatable bonds is 4. The molecule has 29 heavy (non-hydrogen) atoms. The van der Waals surface area contributed by atoms with Crippen molar-refractivity contribution < 1.29 is 8.42 Å². The Hall–Kier alpha value is -1.34. The van der Waals surface area contributed by atoms with Crippen LogP contribution in [0.1, 0.15) is 24.8 Å². The first-order valence-corrected chi connectivity index (χ1v) is 13.0. The lowest BCUT2D eigenvalue weighted by molar-refractivity contribution is 0.152. The van der Waals surface area contributed by atoms with Crippen LogP contribution in [-0.2, 0) is 15.4 Å². The van der Waals surface area contributed by atoms with Crippen LogP contribution in [0.15, 0.2) is 64.4 Å². The minimum Gasteiger partial charge on any atom is -0.303 e. The summed E-state index contributed by atoms with van der Waals surface area (Å²) in [5.74, 6) is 1.65. The second-order valence-electron chi connectivity index (χ2n) is 8.70. The average molecular weight is 429 g/mol. The van der Waals surface area contributed by atoms with Gasteiger partial charge in [0.15, 0.2) is 0 Å².